The predicted molar refractivity (Wildman–Crippen MR) is 62.5 cm³/mol. The highest BCUT2D eigenvalue weighted by Gasteiger charge is 2.36. The van der Waals surface area contributed by atoms with Crippen molar-refractivity contribution in [3.8, 4) is 0 Å². The van der Waals surface area contributed by atoms with Crippen molar-refractivity contribution in [3.05, 3.63) is 0 Å². The van der Waals surface area contributed by atoms with E-state index in [1.54, 1.807) is 7.11 Å². The van der Waals surface area contributed by atoms with Gasteiger partial charge in [-0.3, -0.25) is 0 Å². The largest absolute Gasteiger partial charge is 0.411 e. The molecular formula is C12H22F3NO2. The van der Waals surface area contributed by atoms with E-state index in [-0.39, 0.29) is 12.0 Å². The number of alkyl halides is 3. The summed E-state index contributed by atoms with van der Waals surface area (Å²) in [4.78, 5) is 0. The lowest BCUT2D eigenvalue weighted by molar-refractivity contribution is -0.176. The van der Waals surface area contributed by atoms with Crippen LogP contribution in [0.4, 0.5) is 13.2 Å². The molecule has 108 valence electrons. The van der Waals surface area contributed by atoms with E-state index in [2.05, 4.69) is 10.1 Å². The fourth-order valence-electron chi connectivity index (χ4n) is 2.20. The van der Waals surface area contributed by atoms with Crippen LogP contribution in [0.25, 0.3) is 0 Å². The molecule has 18 heavy (non-hydrogen) atoms. The quantitative estimate of drug-likeness (QED) is 0.652. The Hall–Kier alpha value is -0.330. The van der Waals surface area contributed by atoms with E-state index >= 15 is 0 Å². The van der Waals surface area contributed by atoms with Crippen LogP contribution in [0.1, 0.15) is 25.7 Å². The van der Waals surface area contributed by atoms with E-state index in [0.717, 1.165) is 32.4 Å². The van der Waals surface area contributed by atoms with Crippen LogP contribution in [0.2, 0.25) is 0 Å². The number of hydrogen-bond acceptors (Lipinski definition) is 3. The molecule has 0 heterocycles. The summed E-state index contributed by atoms with van der Waals surface area (Å²) < 4.78 is 45.3. The summed E-state index contributed by atoms with van der Waals surface area (Å²) in [7, 11) is 1.64. The molecule has 3 nitrogen and oxygen atoms in total. The number of rotatable bonds is 9. The van der Waals surface area contributed by atoms with Crippen molar-refractivity contribution in [2.24, 2.45) is 5.41 Å². The van der Waals surface area contributed by atoms with Crippen LogP contribution in [0.15, 0.2) is 0 Å². The number of nitrogens with one attached hydrogen (secondary N) is 1. The number of halogens is 3. The molecule has 0 unspecified atom stereocenters. The van der Waals surface area contributed by atoms with E-state index < -0.39 is 12.8 Å². The lowest BCUT2D eigenvalue weighted by atomic mass is 9.67. The monoisotopic (exact) mass is 269 g/mol. The van der Waals surface area contributed by atoms with Gasteiger partial charge in [-0.1, -0.05) is 6.42 Å². The van der Waals surface area contributed by atoms with Gasteiger partial charge in [-0.25, -0.2) is 0 Å². The molecule has 0 bridgehead atoms. The maximum atomic E-state index is 11.9. The van der Waals surface area contributed by atoms with Crippen molar-refractivity contribution in [1.82, 2.24) is 5.32 Å². The predicted octanol–water partition coefficient (Wildman–Crippen LogP) is 2.36. The van der Waals surface area contributed by atoms with Gasteiger partial charge in [0.05, 0.1) is 6.61 Å². The van der Waals surface area contributed by atoms with Crippen LogP contribution in [0.5, 0.6) is 0 Å². The van der Waals surface area contributed by atoms with Crippen molar-refractivity contribution in [2.75, 3.05) is 40.0 Å². The molecular weight excluding hydrogens is 247 g/mol. The third-order valence-electron chi connectivity index (χ3n) is 3.44. The smallest absolute Gasteiger partial charge is 0.383 e. The molecule has 1 rings (SSSR count). The van der Waals surface area contributed by atoms with Crippen LogP contribution in [0.3, 0.4) is 0 Å². The first-order valence-corrected chi connectivity index (χ1v) is 6.32. The Balaban J connectivity index is 2.12. The molecule has 0 amide bonds. The van der Waals surface area contributed by atoms with Gasteiger partial charge in [-0.2, -0.15) is 13.2 Å². The van der Waals surface area contributed by atoms with Gasteiger partial charge in [0.25, 0.3) is 0 Å². The Bertz CT molecular complexity index is 230. The summed E-state index contributed by atoms with van der Waals surface area (Å²) in [6.45, 7) is 1.32. The lowest BCUT2D eigenvalue weighted by Crippen LogP contribution is -2.41. The van der Waals surface area contributed by atoms with Gasteiger partial charge in [-0.15, -0.1) is 0 Å². The fourth-order valence-corrected chi connectivity index (χ4v) is 2.20. The van der Waals surface area contributed by atoms with Crippen LogP contribution >= 0.6 is 0 Å². The highest BCUT2D eigenvalue weighted by Crippen LogP contribution is 2.43. The number of methoxy groups -OCH3 is 1. The summed E-state index contributed by atoms with van der Waals surface area (Å²) in [5.41, 5.74) is 0.138. The van der Waals surface area contributed by atoms with Gasteiger partial charge in [-0.05, 0) is 24.7 Å². The van der Waals surface area contributed by atoms with E-state index in [1.807, 2.05) is 0 Å². The summed E-state index contributed by atoms with van der Waals surface area (Å²) in [6, 6.07) is 0. The Labute approximate surface area is 106 Å². The van der Waals surface area contributed by atoms with Crippen molar-refractivity contribution in [3.63, 3.8) is 0 Å². The molecule has 1 aliphatic carbocycles. The Morgan fingerprint density at radius 3 is 2.44 bits per heavy atom. The summed E-state index contributed by atoms with van der Waals surface area (Å²) >= 11 is 0. The molecule has 0 aromatic rings. The molecule has 0 aromatic carbocycles. The van der Waals surface area contributed by atoms with Crippen molar-refractivity contribution < 1.29 is 22.6 Å². The van der Waals surface area contributed by atoms with E-state index in [1.165, 1.54) is 0 Å². The summed E-state index contributed by atoms with van der Waals surface area (Å²) in [6.07, 6.45) is -0.220. The normalized spacial score (nSPS) is 18.7. The topological polar surface area (TPSA) is 30.5 Å². The van der Waals surface area contributed by atoms with Crippen molar-refractivity contribution in [2.45, 2.75) is 31.9 Å². The van der Waals surface area contributed by atoms with E-state index in [9.17, 15) is 13.2 Å². The maximum Gasteiger partial charge on any atom is 0.411 e. The lowest BCUT2D eigenvalue weighted by Gasteiger charge is -2.42. The zero-order valence-electron chi connectivity index (χ0n) is 10.8. The second kappa shape index (κ2) is 7.31. The van der Waals surface area contributed by atoms with Gasteiger partial charge < -0.3 is 14.8 Å². The van der Waals surface area contributed by atoms with Crippen LogP contribution < -0.4 is 5.32 Å². The highest BCUT2D eigenvalue weighted by atomic mass is 19.4. The van der Waals surface area contributed by atoms with Gasteiger partial charge in [0.1, 0.15) is 6.61 Å². The van der Waals surface area contributed by atoms with Gasteiger partial charge >= 0.3 is 6.18 Å². The average Bonchev–Trinajstić information content (AvgIpc) is 2.23. The van der Waals surface area contributed by atoms with Crippen LogP contribution in [-0.4, -0.2) is 46.2 Å². The zero-order chi connectivity index (χ0) is 13.5. The Morgan fingerprint density at radius 1 is 1.22 bits per heavy atom. The minimum atomic E-state index is -4.22. The first kappa shape index (κ1) is 15.7. The number of hydrogen-bond donors (Lipinski definition) is 1. The zero-order valence-corrected chi connectivity index (χ0v) is 10.8. The molecule has 0 saturated heterocycles. The van der Waals surface area contributed by atoms with Crippen LogP contribution in [-0.2, 0) is 9.47 Å². The van der Waals surface area contributed by atoms with E-state index in [4.69, 9.17) is 4.74 Å². The second-order valence-electron chi connectivity index (χ2n) is 4.94. The molecule has 0 aromatic heterocycles. The third-order valence-corrected chi connectivity index (χ3v) is 3.44. The second-order valence-corrected chi connectivity index (χ2v) is 4.94. The Kier molecular flexibility index (Phi) is 6.38. The average molecular weight is 269 g/mol. The molecule has 0 aliphatic heterocycles. The highest BCUT2D eigenvalue weighted by molar-refractivity contribution is 4.89. The standard InChI is InChI=1S/C12H22F3NO2/c1-17-8-6-16-9-11(3-2-4-11)5-7-18-10-12(13,14)15/h16H,2-10H2,1H3. The fraction of sp³-hybridized carbons (Fsp3) is 1.00. The molecule has 1 fully saturated rings. The Morgan fingerprint density at radius 2 is 1.94 bits per heavy atom. The SMILES string of the molecule is COCCNCC1(CCOCC(F)(F)F)CCC1. The van der Waals surface area contributed by atoms with Gasteiger partial charge in [0, 0.05) is 26.8 Å². The molecule has 0 radical (unpaired) electrons. The molecule has 0 atom stereocenters. The summed E-state index contributed by atoms with van der Waals surface area (Å²) in [5, 5.41) is 3.28. The third kappa shape index (κ3) is 6.02. The molecule has 1 N–H and O–H groups in total. The maximum absolute atomic E-state index is 11.9. The first-order valence-electron chi connectivity index (χ1n) is 6.32. The van der Waals surface area contributed by atoms with Gasteiger partial charge in [0.2, 0.25) is 0 Å². The van der Waals surface area contributed by atoms with Crippen molar-refractivity contribution in [1.29, 1.82) is 0 Å². The molecule has 6 heteroatoms. The minimum absolute atomic E-state index is 0.138. The first-order chi connectivity index (χ1) is 8.47. The molecule has 0 spiro atoms. The summed E-state index contributed by atoms with van der Waals surface area (Å²) in [5.74, 6) is 0. The van der Waals surface area contributed by atoms with E-state index in [0.29, 0.717) is 13.0 Å². The van der Waals surface area contributed by atoms with Crippen LogP contribution in [0, 0.1) is 5.41 Å². The van der Waals surface area contributed by atoms with Gasteiger partial charge in [0.15, 0.2) is 0 Å². The molecule has 1 saturated carbocycles. The minimum Gasteiger partial charge on any atom is -0.383 e. The molecule has 1 aliphatic rings. The number of ether oxygens (including phenoxy) is 2. The van der Waals surface area contributed by atoms with Crippen molar-refractivity contribution >= 4 is 0 Å².